The topological polar surface area (TPSA) is 46.9 Å². The number of halogens is 2. The van der Waals surface area contributed by atoms with Gasteiger partial charge in [0, 0.05) is 47.2 Å². The van der Waals surface area contributed by atoms with Gasteiger partial charge in [-0.25, -0.2) is 17.7 Å². The molecule has 0 spiro atoms. The number of alkyl halides is 2. The molecule has 1 N–H and O–H groups in total. The zero-order valence-electron chi connectivity index (χ0n) is 18.4. The maximum absolute atomic E-state index is 13.7. The van der Waals surface area contributed by atoms with E-state index in [-0.39, 0.29) is 16.4 Å². The molecule has 0 bridgehead atoms. The van der Waals surface area contributed by atoms with Crippen LogP contribution < -0.4 is 4.72 Å². The minimum atomic E-state index is -2.64. The first kappa shape index (κ1) is 22.1. The van der Waals surface area contributed by atoms with Crippen LogP contribution in [0.2, 0.25) is 0 Å². The lowest BCUT2D eigenvalue weighted by Gasteiger charge is -2.20. The Balaban J connectivity index is 1.79. The van der Waals surface area contributed by atoms with Crippen LogP contribution in [0.25, 0.3) is 22.0 Å². The largest absolute Gasteiger partial charge is 0.347 e. The summed E-state index contributed by atoms with van der Waals surface area (Å²) in [5.41, 5.74) is 3.93. The molecule has 1 saturated carbocycles. The van der Waals surface area contributed by atoms with E-state index in [9.17, 15) is 13.0 Å². The van der Waals surface area contributed by atoms with E-state index in [1.54, 1.807) is 6.07 Å². The van der Waals surface area contributed by atoms with Crippen LogP contribution >= 0.6 is 0 Å². The van der Waals surface area contributed by atoms with Gasteiger partial charge in [-0.05, 0) is 54.0 Å². The van der Waals surface area contributed by atoms with Gasteiger partial charge in [0.05, 0.1) is 11.0 Å². The standard InChI is InChI=1S/C24H29F2N3OS/c1-15-9-10-27-22(23(25)26)21(15)16-5-8-19-17(12-28-31(30)18-6-7-18)13-29(20(19)11-16)14-24(2,3)4/h5,8-11,13,18,23,28H,6-7,12,14H2,1-4H3. The number of aryl methyl sites for hydroxylation is 1. The van der Waals surface area contributed by atoms with Gasteiger partial charge in [0.1, 0.15) is 5.69 Å². The van der Waals surface area contributed by atoms with Crippen LogP contribution in [0.4, 0.5) is 8.78 Å². The van der Waals surface area contributed by atoms with Crippen molar-refractivity contribution in [3.05, 3.63) is 53.5 Å². The molecule has 4 nitrogen and oxygen atoms in total. The summed E-state index contributed by atoms with van der Waals surface area (Å²) in [6.45, 7) is 9.65. The van der Waals surface area contributed by atoms with Crippen LogP contribution in [0.1, 0.15) is 56.9 Å². The normalized spacial score (nSPS) is 15.7. The van der Waals surface area contributed by atoms with E-state index in [1.807, 2.05) is 25.1 Å². The van der Waals surface area contributed by atoms with Crippen molar-refractivity contribution in [3.8, 4) is 11.1 Å². The van der Waals surface area contributed by atoms with Gasteiger partial charge in [0.2, 0.25) is 0 Å². The van der Waals surface area contributed by atoms with Gasteiger partial charge in [0.15, 0.2) is 0 Å². The third-order valence-electron chi connectivity index (χ3n) is 5.53. The highest BCUT2D eigenvalue weighted by Crippen LogP contribution is 2.35. The first-order chi connectivity index (χ1) is 14.6. The van der Waals surface area contributed by atoms with Crippen molar-refractivity contribution < 1.29 is 13.0 Å². The third kappa shape index (κ3) is 4.88. The van der Waals surface area contributed by atoms with E-state index in [0.717, 1.165) is 47.0 Å². The van der Waals surface area contributed by atoms with Gasteiger partial charge >= 0.3 is 0 Å². The van der Waals surface area contributed by atoms with Gasteiger partial charge in [-0.3, -0.25) is 4.98 Å². The summed E-state index contributed by atoms with van der Waals surface area (Å²) >= 11 is 0. The molecule has 0 saturated heterocycles. The molecule has 31 heavy (non-hydrogen) atoms. The van der Waals surface area contributed by atoms with E-state index in [0.29, 0.717) is 12.1 Å². The molecule has 1 fully saturated rings. The Bertz CT molecular complexity index is 1130. The minimum Gasteiger partial charge on any atom is -0.347 e. The van der Waals surface area contributed by atoms with Crippen molar-refractivity contribution in [2.75, 3.05) is 0 Å². The maximum atomic E-state index is 13.7. The molecular weight excluding hydrogens is 416 g/mol. The van der Waals surface area contributed by atoms with E-state index >= 15 is 0 Å². The number of hydrogen-bond acceptors (Lipinski definition) is 2. The third-order valence-corrected chi connectivity index (χ3v) is 7.03. The Morgan fingerprint density at radius 2 is 2.00 bits per heavy atom. The van der Waals surface area contributed by atoms with Crippen molar-refractivity contribution in [2.45, 2.75) is 65.3 Å². The molecule has 1 unspecified atom stereocenters. The second kappa shape index (κ2) is 8.43. The molecule has 1 aliphatic rings. The van der Waals surface area contributed by atoms with Gasteiger partial charge in [-0.1, -0.05) is 32.9 Å². The van der Waals surface area contributed by atoms with Crippen molar-refractivity contribution in [3.63, 3.8) is 0 Å². The van der Waals surface area contributed by atoms with Gasteiger partial charge in [0.25, 0.3) is 6.43 Å². The Morgan fingerprint density at radius 1 is 1.26 bits per heavy atom. The molecule has 4 rings (SSSR count). The second-order valence-corrected chi connectivity index (χ2v) is 11.1. The number of nitrogens with zero attached hydrogens (tertiary/aromatic N) is 2. The van der Waals surface area contributed by atoms with Crippen molar-refractivity contribution in [1.29, 1.82) is 0 Å². The van der Waals surface area contributed by atoms with Crippen LogP contribution in [0, 0.1) is 12.3 Å². The summed E-state index contributed by atoms with van der Waals surface area (Å²) < 4.78 is 44.9. The van der Waals surface area contributed by atoms with E-state index < -0.39 is 17.4 Å². The molecule has 0 aliphatic heterocycles. The lowest BCUT2D eigenvalue weighted by molar-refractivity contribution is 0.146. The molecular formula is C24H29F2N3OS. The summed E-state index contributed by atoms with van der Waals surface area (Å²) in [4.78, 5) is 3.95. The molecule has 1 aromatic carbocycles. The first-order valence-electron chi connectivity index (χ1n) is 10.6. The highest BCUT2D eigenvalue weighted by Gasteiger charge is 2.28. The van der Waals surface area contributed by atoms with Crippen LogP contribution in [0.3, 0.4) is 0 Å². The fourth-order valence-corrected chi connectivity index (χ4v) is 5.07. The van der Waals surface area contributed by atoms with Crippen LogP contribution in [0.5, 0.6) is 0 Å². The summed E-state index contributed by atoms with van der Waals surface area (Å²) in [6, 6.07) is 7.63. The number of rotatable bonds is 7. The zero-order valence-corrected chi connectivity index (χ0v) is 19.2. The molecule has 0 radical (unpaired) electrons. The summed E-state index contributed by atoms with van der Waals surface area (Å²) in [5.74, 6) is 0. The zero-order chi connectivity index (χ0) is 22.3. The maximum Gasteiger partial charge on any atom is 0.280 e. The Hall–Kier alpha value is -2.12. The summed E-state index contributed by atoms with van der Waals surface area (Å²) in [7, 11) is -1.01. The van der Waals surface area contributed by atoms with Crippen LogP contribution in [-0.4, -0.2) is 19.0 Å². The number of fused-ring (bicyclic) bond motifs is 1. The average Bonchev–Trinajstić information content (AvgIpc) is 3.49. The van der Waals surface area contributed by atoms with Crippen molar-refractivity contribution in [2.24, 2.45) is 5.41 Å². The monoisotopic (exact) mass is 445 g/mol. The second-order valence-electron chi connectivity index (χ2n) is 9.58. The molecule has 3 aromatic rings. The van der Waals surface area contributed by atoms with Gasteiger partial charge < -0.3 is 4.57 Å². The van der Waals surface area contributed by atoms with E-state index in [2.05, 4.69) is 41.2 Å². The number of nitrogens with one attached hydrogen (secondary N) is 1. The van der Waals surface area contributed by atoms with Crippen molar-refractivity contribution in [1.82, 2.24) is 14.3 Å². The highest BCUT2D eigenvalue weighted by atomic mass is 32.2. The minimum absolute atomic E-state index is 0.0435. The Labute approximate surface area is 184 Å². The first-order valence-corrected chi connectivity index (χ1v) is 11.9. The van der Waals surface area contributed by atoms with Crippen LogP contribution in [-0.2, 0) is 24.1 Å². The van der Waals surface area contributed by atoms with Gasteiger partial charge in [-0.2, -0.15) is 0 Å². The smallest absolute Gasteiger partial charge is 0.280 e. The molecule has 2 aromatic heterocycles. The average molecular weight is 446 g/mol. The predicted octanol–water partition coefficient (Wildman–Crippen LogP) is 5.91. The quantitative estimate of drug-likeness (QED) is 0.491. The number of pyridine rings is 1. The SMILES string of the molecule is Cc1ccnc(C(F)F)c1-c1ccc2c(CNS(=O)C3CC3)cn(CC(C)(C)C)c2c1. The van der Waals surface area contributed by atoms with E-state index in [1.165, 1.54) is 6.20 Å². The number of benzene rings is 1. The fourth-order valence-electron chi connectivity index (χ4n) is 3.98. The lowest BCUT2D eigenvalue weighted by Crippen LogP contribution is -2.19. The number of aromatic nitrogens is 2. The summed E-state index contributed by atoms with van der Waals surface area (Å²) in [6.07, 6.45) is 2.94. The molecule has 1 atom stereocenters. The molecule has 7 heteroatoms. The van der Waals surface area contributed by atoms with Gasteiger partial charge in [-0.15, -0.1) is 0 Å². The summed E-state index contributed by atoms with van der Waals surface area (Å²) in [5, 5.41) is 1.32. The number of hydrogen-bond donors (Lipinski definition) is 1. The molecule has 0 amide bonds. The lowest BCUT2D eigenvalue weighted by atomic mass is 9.96. The molecule has 2 heterocycles. The molecule has 166 valence electrons. The van der Waals surface area contributed by atoms with E-state index in [4.69, 9.17) is 0 Å². The fraction of sp³-hybridized carbons (Fsp3) is 0.458. The Morgan fingerprint density at radius 3 is 2.65 bits per heavy atom. The molecule has 1 aliphatic carbocycles. The van der Waals surface area contributed by atoms with Crippen molar-refractivity contribution >= 4 is 21.9 Å². The Kier molecular flexibility index (Phi) is 6.01. The highest BCUT2D eigenvalue weighted by molar-refractivity contribution is 7.83. The predicted molar refractivity (Wildman–Crippen MR) is 122 cm³/mol. The van der Waals surface area contributed by atoms with Crippen LogP contribution in [0.15, 0.2) is 36.7 Å².